The van der Waals surface area contributed by atoms with E-state index >= 15 is 0 Å². The molecule has 6 N–H and O–H groups in total. The number of hydrogen-bond donors (Lipinski definition) is 6. The summed E-state index contributed by atoms with van der Waals surface area (Å²) in [6.07, 6.45) is -5.29. The largest absolute Gasteiger partial charge is 0.478 e. The van der Waals surface area contributed by atoms with E-state index in [-0.39, 0.29) is 0 Å². The third kappa shape index (κ3) is 3.67. The van der Waals surface area contributed by atoms with Crippen LogP contribution in [0.2, 0.25) is 0 Å². The fraction of sp³-hybridized carbons (Fsp3) is 0.636. The zero-order valence-corrected chi connectivity index (χ0v) is 10.6. The quantitative estimate of drug-likeness (QED) is 0.311. The van der Waals surface area contributed by atoms with Crippen LogP contribution in [-0.4, -0.2) is 74.5 Å². The van der Waals surface area contributed by atoms with Crippen molar-refractivity contribution < 1.29 is 39.9 Å². The summed E-state index contributed by atoms with van der Waals surface area (Å²) < 4.78 is 4.98. The van der Waals surface area contributed by atoms with Crippen molar-refractivity contribution in [1.29, 1.82) is 0 Å². The molecule has 0 fully saturated rings. The van der Waals surface area contributed by atoms with E-state index in [1.165, 1.54) is 0 Å². The van der Waals surface area contributed by atoms with Gasteiger partial charge in [-0.25, -0.2) is 4.79 Å². The first-order chi connectivity index (χ1) is 9.27. The zero-order valence-electron chi connectivity index (χ0n) is 10.6. The van der Waals surface area contributed by atoms with Crippen LogP contribution >= 0.6 is 0 Å². The highest BCUT2D eigenvalue weighted by molar-refractivity contribution is 5.84. The van der Waals surface area contributed by atoms with Gasteiger partial charge >= 0.3 is 5.97 Å². The number of carboxylic acid groups (broad SMARTS) is 1. The first-order valence-corrected chi connectivity index (χ1v) is 5.81. The summed E-state index contributed by atoms with van der Waals surface area (Å²) in [6, 6.07) is -1.16. The first kappa shape index (κ1) is 16.4. The summed E-state index contributed by atoms with van der Waals surface area (Å²) in [4.78, 5) is 21.9. The van der Waals surface area contributed by atoms with Gasteiger partial charge in [-0.3, -0.25) is 4.79 Å². The van der Waals surface area contributed by atoms with Gasteiger partial charge in [0, 0.05) is 6.92 Å². The van der Waals surface area contributed by atoms with Crippen LogP contribution < -0.4 is 5.32 Å². The van der Waals surface area contributed by atoms with Crippen molar-refractivity contribution in [3.05, 3.63) is 11.8 Å². The molecule has 0 aromatic carbocycles. The second-order valence-corrected chi connectivity index (χ2v) is 4.38. The molecular formula is C11H17NO8. The van der Waals surface area contributed by atoms with E-state index in [0.717, 1.165) is 13.0 Å². The van der Waals surface area contributed by atoms with Crippen LogP contribution in [0.5, 0.6) is 0 Å². The van der Waals surface area contributed by atoms with E-state index in [0.29, 0.717) is 0 Å². The fourth-order valence-corrected chi connectivity index (χ4v) is 1.85. The first-order valence-electron chi connectivity index (χ1n) is 5.81. The summed E-state index contributed by atoms with van der Waals surface area (Å²) in [6.45, 7) is 0.366. The van der Waals surface area contributed by atoms with Gasteiger partial charge in [-0.05, 0) is 6.08 Å². The van der Waals surface area contributed by atoms with E-state index in [2.05, 4.69) is 5.32 Å². The van der Waals surface area contributed by atoms with E-state index in [4.69, 9.17) is 14.9 Å². The molecule has 0 radical (unpaired) electrons. The van der Waals surface area contributed by atoms with Crippen molar-refractivity contribution in [3.63, 3.8) is 0 Å². The van der Waals surface area contributed by atoms with Crippen molar-refractivity contribution in [1.82, 2.24) is 5.32 Å². The molecular weight excluding hydrogens is 274 g/mol. The average molecular weight is 291 g/mol. The molecule has 0 unspecified atom stereocenters. The van der Waals surface area contributed by atoms with E-state index in [9.17, 15) is 24.9 Å². The Morgan fingerprint density at radius 1 is 1.45 bits per heavy atom. The van der Waals surface area contributed by atoms with Gasteiger partial charge in [0.05, 0.1) is 12.6 Å². The second-order valence-electron chi connectivity index (χ2n) is 4.38. The highest BCUT2D eigenvalue weighted by Crippen LogP contribution is 2.22. The molecule has 9 nitrogen and oxygen atoms in total. The molecule has 9 heteroatoms. The van der Waals surface area contributed by atoms with Crippen LogP contribution in [0.25, 0.3) is 0 Å². The summed E-state index contributed by atoms with van der Waals surface area (Å²) in [7, 11) is 0. The Hall–Kier alpha value is -1.68. The molecule has 1 amide bonds. The van der Waals surface area contributed by atoms with Gasteiger partial charge in [0.2, 0.25) is 11.7 Å². The Labute approximate surface area is 114 Å². The van der Waals surface area contributed by atoms with Crippen LogP contribution in [0, 0.1) is 0 Å². The number of aliphatic hydroxyl groups is 4. The van der Waals surface area contributed by atoms with E-state index < -0.39 is 54.7 Å². The lowest BCUT2D eigenvalue weighted by Crippen LogP contribution is -2.59. The minimum Gasteiger partial charge on any atom is -0.478 e. The predicted molar refractivity (Wildman–Crippen MR) is 63.3 cm³/mol. The lowest BCUT2D eigenvalue weighted by atomic mass is 9.94. The predicted octanol–water partition coefficient (Wildman–Crippen LogP) is -3.07. The molecule has 0 spiro atoms. The number of aliphatic carboxylic acids is 1. The average Bonchev–Trinajstić information content (AvgIpc) is 2.38. The van der Waals surface area contributed by atoms with Gasteiger partial charge in [0.15, 0.2) is 6.10 Å². The molecule has 0 saturated heterocycles. The molecule has 0 aliphatic carbocycles. The summed E-state index contributed by atoms with van der Waals surface area (Å²) >= 11 is 0. The molecule has 20 heavy (non-hydrogen) atoms. The normalized spacial score (nSPS) is 28.9. The van der Waals surface area contributed by atoms with Gasteiger partial charge < -0.3 is 35.6 Å². The van der Waals surface area contributed by atoms with Crippen LogP contribution in [0.1, 0.15) is 6.92 Å². The Bertz CT molecular complexity index is 409. The number of carbonyl (C=O) groups is 2. The molecule has 1 heterocycles. The SMILES string of the molecule is CC(=O)N[C@H]1[C@H]([C@H](O)[C@@H](O)CO)OC(C(=O)O)=C[C@H]1O. The lowest BCUT2D eigenvalue weighted by molar-refractivity contribution is -0.149. The molecule has 1 aliphatic rings. The van der Waals surface area contributed by atoms with Gasteiger partial charge in [-0.1, -0.05) is 0 Å². The maximum absolute atomic E-state index is 11.1. The second kappa shape index (κ2) is 6.66. The lowest BCUT2D eigenvalue weighted by Gasteiger charge is -2.37. The van der Waals surface area contributed by atoms with Gasteiger partial charge in [0.25, 0.3) is 0 Å². The van der Waals surface area contributed by atoms with Crippen LogP contribution in [0.15, 0.2) is 11.8 Å². The summed E-state index contributed by atoms with van der Waals surface area (Å²) in [5.41, 5.74) is 0. The number of carboxylic acids is 1. The number of aliphatic hydroxyl groups excluding tert-OH is 4. The standard InChI is InChI=1S/C11H17NO8/c1-4(14)12-8-5(15)2-7(11(18)19)20-10(8)9(17)6(16)3-13/h2,5-6,8-10,13,15-17H,3H2,1H3,(H,12,14)(H,18,19)/t5-,6+,8-,9-,10-/m1/s1. The highest BCUT2D eigenvalue weighted by Gasteiger charge is 2.42. The monoisotopic (exact) mass is 291 g/mol. The van der Waals surface area contributed by atoms with Crippen LogP contribution in [0.4, 0.5) is 0 Å². The molecule has 1 rings (SSSR count). The van der Waals surface area contributed by atoms with Crippen molar-refractivity contribution in [3.8, 4) is 0 Å². The molecule has 0 saturated carbocycles. The van der Waals surface area contributed by atoms with Gasteiger partial charge in [0.1, 0.15) is 18.3 Å². The molecule has 0 aromatic rings. The highest BCUT2D eigenvalue weighted by atomic mass is 16.5. The van der Waals surface area contributed by atoms with Crippen molar-refractivity contribution in [2.75, 3.05) is 6.61 Å². The van der Waals surface area contributed by atoms with Crippen molar-refractivity contribution in [2.45, 2.75) is 37.4 Å². The van der Waals surface area contributed by atoms with Crippen LogP contribution in [-0.2, 0) is 14.3 Å². The fourth-order valence-electron chi connectivity index (χ4n) is 1.85. The maximum atomic E-state index is 11.1. The molecule has 0 bridgehead atoms. The smallest absolute Gasteiger partial charge is 0.370 e. The van der Waals surface area contributed by atoms with Gasteiger partial charge in [-0.15, -0.1) is 0 Å². The number of ether oxygens (including phenoxy) is 1. The summed E-state index contributed by atoms with van der Waals surface area (Å²) in [5.74, 6) is -2.63. The molecule has 1 aliphatic heterocycles. The van der Waals surface area contributed by atoms with Crippen molar-refractivity contribution in [2.24, 2.45) is 0 Å². The minimum absolute atomic E-state index is 0.541. The van der Waals surface area contributed by atoms with Gasteiger partial charge in [-0.2, -0.15) is 0 Å². The number of nitrogens with one attached hydrogen (secondary N) is 1. The number of amides is 1. The third-order valence-corrected chi connectivity index (χ3v) is 2.81. The topological polar surface area (TPSA) is 157 Å². The van der Waals surface area contributed by atoms with Crippen LogP contribution in [0.3, 0.4) is 0 Å². The Morgan fingerprint density at radius 3 is 2.50 bits per heavy atom. The number of carbonyl (C=O) groups excluding carboxylic acids is 1. The van der Waals surface area contributed by atoms with E-state index in [1.807, 2.05) is 0 Å². The number of hydrogen-bond acceptors (Lipinski definition) is 7. The Morgan fingerprint density at radius 2 is 2.05 bits per heavy atom. The molecule has 5 atom stereocenters. The van der Waals surface area contributed by atoms with E-state index in [1.54, 1.807) is 0 Å². The van der Waals surface area contributed by atoms with Crippen molar-refractivity contribution >= 4 is 11.9 Å². The Kier molecular flexibility index (Phi) is 5.45. The Balaban J connectivity index is 3.04. The number of rotatable bonds is 5. The molecule has 0 aromatic heterocycles. The zero-order chi connectivity index (χ0) is 15.4. The maximum Gasteiger partial charge on any atom is 0.370 e. The molecule has 114 valence electrons. The summed E-state index contributed by atoms with van der Waals surface area (Å²) in [5, 5.41) is 49.0. The third-order valence-electron chi connectivity index (χ3n) is 2.81. The minimum atomic E-state index is -1.70.